The molecule has 0 aliphatic rings. The van der Waals surface area contributed by atoms with Crippen molar-refractivity contribution in [3.8, 4) is 5.75 Å². The molecule has 6 heteroatoms. The number of rotatable bonds is 15. The van der Waals surface area contributed by atoms with Gasteiger partial charge in [0.15, 0.2) is 0 Å². The minimum Gasteiger partial charge on any atom is -0.489 e. The molecule has 44 heavy (non-hydrogen) atoms. The Kier molecular flexibility index (Phi) is 11.3. The number of hydrogen-bond acceptors (Lipinski definition) is 5. The van der Waals surface area contributed by atoms with Crippen LogP contribution in [-0.2, 0) is 19.7 Å². The Bertz CT molecular complexity index is 1510. The molecule has 0 atom stereocenters. The van der Waals surface area contributed by atoms with Crippen LogP contribution in [0.25, 0.3) is 0 Å². The van der Waals surface area contributed by atoms with Crippen molar-refractivity contribution in [3.63, 3.8) is 0 Å². The monoisotopic (exact) mass is 603 g/mol. The second-order valence-corrected chi connectivity index (χ2v) is 11.8. The van der Waals surface area contributed by atoms with E-state index in [1.165, 1.54) is 16.7 Å². The van der Waals surface area contributed by atoms with Gasteiger partial charge in [-0.05, 0) is 61.2 Å². The molecule has 1 amide bonds. The highest BCUT2D eigenvalue weighted by Gasteiger charge is 2.20. The van der Waals surface area contributed by atoms with Crippen LogP contribution in [0.4, 0.5) is 0 Å². The van der Waals surface area contributed by atoms with E-state index in [1.54, 1.807) is 11.3 Å². The third-order valence-corrected chi connectivity index (χ3v) is 8.73. The lowest BCUT2D eigenvalue weighted by atomic mass is 9.88. The average Bonchev–Trinajstić information content (AvgIpc) is 3.55. The lowest BCUT2D eigenvalue weighted by molar-refractivity contribution is 0.0767. The van der Waals surface area contributed by atoms with Crippen molar-refractivity contribution in [2.24, 2.45) is 0 Å². The Labute approximate surface area is 265 Å². The number of ether oxygens (including phenoxy) is 1. The first-order valence-electron chi connectivity index (χ1n) is 15.4. The molecule has 0 unspecified atom stereocenters. The molecule has 0 radical (unpaired) electrons. The van der Waals surface area contributed by atoms with Gasteiger partial charge in [0, 0.05) is 30.9 Å². The van der Waals surface area contributed by atoms with Gasteiger partial charge in [-0.15, -0.1) is 11.3 Å². The molecule has 5 nitrogen and oxygen atoms in total. The Hall–Kier alpha value is -4.26. The Morgan fingerprint density at radius 2 is 1.34 bits per heavy atom. The second-order valence-electron chi connectivity index (χ2n) is 10.9. The first-order valence-corrected chi connectivity index (χ1v) is 16.3. The SMILES string of the molecule is CCN(CC)C(=O)c1csc(CN(CCC(c2ccccc2)c2ccccc2)Cc2ccc(OCc3ccccc3)cc2)n1. The Morgan fingerprint density at radius 1 is 0.750 bits per heavy atom. The van der Waals surface area contributed by atoms with Crippen LogP contribution in [0.3, 0.4) is 0 Å². The van der Waals surface area contributed by atoms with E-state index in [0.29, 0.717) is 31.9 Å². The fourth-order valence-corrected chi connectivity index (χ4v) is 6.27. The topological polar surface area (TPSA) is 45.7 Å². The van der Waals surface area contributed by atoms with Gasteiger partial charge in [0.05, 0.1) is 6.54 Å². The zero-order valence-corrected chi connectivity index (χ0v) is 26.5. The molecule has 0 N–H and O–H groups in total. The maximum absolute atomic E-state index is 12.9. The van der Waals surface area contributed by atoms with Crippen LogP contribution in [0.1, 0.15) is 63.9 Å². The Morgan fingerprint density at radius 3 is 1.93 bits per heavy atom. The van der Waals surface area contributed by atoms with E-state index >= 15 is 0 Å². The summed E-state index contributed by atoms with van der Waals surface area (Å²) in [5.41, 5.74) is 5.54. The summed E-state index contributed by atoms with van der Waals surface area (Å²) in [7, 11) is 0. The highest BCUT2D eigenvalue weighted by molar-refractivity contribution is 7.09. The largest absolute Gasteiger partial charge is 0.489 e. The number of amides is 1. The van der Waals surface area contributed by atoms with Crippen LogP contribution >= 0.6 is 11.3 Å². The van der Waals surface area contributed by atoms with E-state index in [2.05, 4.69) is 102 Å². The van der Waals surface area contributed by atoms with Crippen molar-refractivity contribution in [1.82, 2.24) is 14.8 Å². The summed E-state index contributed by atoms with van der Waals surface area (Å²) >= 11 is 1.57. The number of hydrogen-bond donors (Lipinski definition) is 0. The predicted molar refractivity (Wildman–Crippen MR) is 180 cm³/mol. The molecular formula is C38H41N3O2S. The van der Waals surface area contributed by atoms with Gasteiger partial charge in [-0.25, -0.2) is 4.98 Å². The molecule has 226 valence electrons. The van der Waals surface area contributed by atoms with Crippen LogP contribution < -0.4 is 4.74 Å². The van der Waals surface area contributed by atoms with Crippen LogP contribution in [0.2, 0.25) is 0 Å². The summed E-state index contributed by atoms with van der Waals surface area (Å²) in [6.45, 7) is 8.24. The van der Waals surface area contributed by atoms with Crippen molar-refractivity contribution in [1.29, 1.82) is 0 Å². The highest BCUT2D eigenvalue weighted by atomic mass is 32.1. The molecule has 0 saturated carbocycles. The number of carbonyl (C=O) groups is 1. The Balaban J connectivity index is 1.32. The molecule has 0 aliphatic heterocycles. The minimum absolute atomic E-state index is 0.00311. The average molecular weight is 604 g/mol. The zero-order valence-electron chi connectivity index (χ0n) is 25.6. The molecular weight excluding hydrogens is 563 g/mol. The van der Waals surface area contributed by atoms with Gasteiger partial charge in [0.2, 0.25) is 0 Å². The fourth-order valence-electron chi connectivity index (χ4n) is 5.46. The van der Waals surface area contributed by atoms with Crippen molar-refractivity contribution < 1.29 is 9.53 Å². The molecule has 0 aliphatic carbocycles. The molecule has 1 heterocycles. The summed E-state index contributed by atoms with van der Waals surface area (Å²) in [5.74, 6) is 1.14. The first-order chi connectivity index (χ1) is 21.6. The third-order valence-electron chi connectivity index (χ3n) is 7.90. The van der Waals surface area contributed by atoms with Crippen molar-refractivity contribution in [3.05, 3.63) is 154 Å². The maximum Gasteiger partial charge on any atom is 0.273 e. The van der Waals surface area contributed by atoms with Gasteiger partial charge in [-0.3, -0.25) is 9.69 Å². The number of nitrogens with zero attached hydrogens (tertiary/aromatic N) is 3. The summed E-state index contributed by atoms with van der Waals surface area (Å²) in [5, 5.41) is 2.86. The predicted octanol–water partition coefficient (Wildman–Crippen LogP) is 8.43. The standard InChI is InChI=1S/C38H41N3O2S/c1-3-41(4-2)38(42)36-29-44-37(39-36)27-40(25-24-35(32-16-10-6-11-17-32)33-18-12-7-13-19-33)26-30-20-22-34(23-21-30)43-28-31-14-8-5-9-15-31/h5-23,29,35H,3-4,24-28H2,1-2H3. The van der Waals surface area contributed by atoms with E-state index < -0.39 is 0 Å². The quantitative estimate of drug-likeness (QED) is 0.121. The lowest BCUT2D eigenvalue weighted by Gasteiger charge is -2.25. The summed E-state index contributed by atoms with van der Waals surface area (Å²) < 4.78 is 6.03. The van der Waals surface area contributed by atoms with E-state index in [0.717, 1.165) is 35.8 Å². The second kappa shape index (κ2) is 16.0. The van der Waals surface area contributed by atoms with Crippen LogP contribution in [0, 0.1) is 0 Å². The third kappa shape index (κ3) is 8.65. The van der Waals surface area contributed by atoms with Crippen molar-refractivity contribution in [2.75, 3.05) is 19.6 Å². The van der Waals surface area contributed by atoms with Crippen molar-refractivity contribution >= 4 is 17.2 Å². The lowest BCUT2D eigenvalue weighted by Crippen LogP contribution is -2.30. The van der Waals surface area contributed by atoms with Gasteiger partial charge in [-0.1, -0.05) is 103 Å². The van der Waals surface area contributed by atoms with Gasteiger partial charge in [0.25, 0.3) is 5.91 Å². The zero-order chi connectivity index (χ0) is 30.6. The highest BCUT2D eigenvalue weighted by Crippen LogP contribution is 2.29. The van der Waals surface area contributed by atoms with Crippen LogP contribution in [-0.4, -0.2) is 40.3 Å². The molecule has 0 fully saturated rings. The molecule has 5 aromatic rings. The van der Waals surface area contributed by atoms with Gasteiger partial charge in [-0.2, -0.15) is 0 Å². The number of carbonyl (C=O) groups excluding carboxylic acids is 1. The van der Waals surface area contributed by atoms with E-state index in [4.69, 9.17) is 9.72 Å². The van der Waals surface area contributed by atoms with Gasteiger partial charge in [0.1, 0.15) is 23.1 Å². The smallest absolute Gasteiger partial charge is 0.273 e. The fraction of sp³-hybridized carbons (Fsp3) is 0.263. The first kappa shape index (κ1) is 31.2. The molecule has 0 spiro atoms. The number of benzene rings is 4. The molecule has 5 rings (SSSR count). The molecule has 0 bridgehead atoms. The number of aromatic nitrogens is 1. The van der Waals surface area contributed by atoms with Gasteiger partial charge >= 0.3 is 0 Å². The van der Waals surface area contributed by atoms with E-state index in [-0.39, 0.29) is 11.8 Å². The minimum atomic E-state index is 0.00311. The summed E-state index contributed by atoms with van der Waals surface area (Å²) in [6.07, 6.45) is 0.961. The van der Waals surface area contributed by atoms with Crippen LogP contribution in [0.5, 0.6) is 5.75 Å². The van der Waals surface area contributed by atoms with Crippen LogP contribution in [0.15, 0.2) is 121 Å². The van der Waals surface area contributed by atoms with E-state index in [9.17, 15) is 4.79 Å². The summed E-state index contributed by atoms with van der Waals surface area (Å²) in [6, 6.07) is 40.1. The molecule has 0 saturated heterocycles. The number of thiazole rings is 1. The summed E-state index contributed by atoms with van der Waals surface area (Å²) in [4.78, 5) is 22.0. The van der Waals surface area contributed by atoms with Gasteiger partial charge < -0.3 is 9.64 Å². The van der Waals surface area contributed by atoms with E-state index in [1.807, 2.05) is 42.3 Å². The maximum atomic E-state index is 12.9. The normalized spacial score (nSPS) is 11.2. The molecule has 1 aromatic heterocycles. The van der Waals surface area contributed by atoms with Crippen molar-refractivity contribution in [2.45, 2.75) is 45.9 Å². The molecule has 4 aromatic carbocycles.